The number of benzene rings is 1. The van der Waals surface area contributed by atoms with E-state index >= 15 is 0 Å². The van der Waals surface area contributed by atoms with Gasteiger partial charge in [-0.25, -0.2) is 14.0 Å². The number of rotatable bonds is 4. The number of carboxylic acid groups (broad SMARTS) is 2. The van der Waals surface area contributed by atoms with E-state index in [-0.39, 0.29) is 5.69 Å². The molecule has 0 saturated carbocycles. The summed E-state index contributed by atoms with van der Waals surface area (Å²) < 4.78 is 13.5. The molecule has 1 aromatic rings. The molecule has 1 amide bonds. The summed E-state index contributed by atoms with van der Waals surface area (Å²) in [6.07, 6.45) is 0. The highest BCUT2D eigenvalue weighted by Crippen LogP contribution is 2.16. The van der Waals surface area contributed by atoms with E-state index in [0.717, 1.165) is 0 Å². The van der Waals surface area contributed by atoms with Crippen molar-refractivity contribution < 1.29 is 29.0 Å². The van der Waals surface area contributed by atoms with Crippen LogP contribution in [0.25, 0.3) is 0 Å². The largest absolute Gasteiger partial charge is 0.478 e. The van der Waals surface area contributed by atoms with Gasteiger partial charge in [-0.15, -0.1) is 0 Å². The van der Waals surface area contributed by atoms with Crippen molar-refractivity contribution >= 4 is 23.5 Å². The lowest BCUT2D eigenvalue weighted by atomic mass is 10.1. The zero-order valence-electron chi connectivity index (χ0n) is 8.38. The van der Waals surface area contributed by atoms with E-state index in [2.05, 4.69) is 0 Å². The van der Waals surface area contributed by atoms with Gasteiger partial charge < -0.3 is 15.5 Å². The Hall–Kier alpha value is -2.44. The van der Waals surface area contributed by atoms with Crippen LogP contribution in [0.5, 0.6) is 0 Å². The summed E-state index contributed by atoms with van der Waals surface area (Å²) in [4.78, 5) is 32.2. The third-order valence-corrected chi connectivity index (χ3v) is 1.93. The lowest BCUT2D eigenvalue weighted by Crippen LogP contribution is -2.52. The molecule has 0 spiro atoms. The first-order valence-corrected chi connectivity index (χ1v) is 4.41. The summed E-state index contributed by atoms with van der Waals surface area (Å²) in [5.41, 5.74) is -3.91. The second kappa shape index (κ2) is 4.60. The van der Waals surface area contributed by atoms with E-state index in [9.17, 15) is 18.8 Å². The summed E-state index contributed by atoms with van der Waals surface area (Å²) >= 11 is 0. The summed E-state index contributed by atoms with van der Waals surface area (Å²) in [7, 11) is 0. The number of nitrogens with one attached hydrogen (secondary N) is 1. The van der Waals surface area contributed by atoms with Crippen molar-refractivity contribution in [2.45, 2.75) is 5.67 Å². The molecule has 0 unspecified atom stereocenters. The van der Waals surface area contributed by atoms with E-state index in [0.29, 0.717) is 0 Å². The number of carboxylic acids is 2. The van der Waals surface area contributed by atoms with Crippen LogP contribution < -0.4 is 5.32 Å². The van der Waals surface area contributed by atoms with Crippen molar-refractivity contribution in [3.8, 4) is 0 Å². The van der Waals surface area contributed by atoms with Crippen LogP contribution in [0.4, 0.5) is 10.1 Å². The number of para-hydroxylation sites is 1. The highest BCUT2D eigenvalue weighted by atomic mass is 19.1. The van der Waals surface area contributed by atoms with E-state index in [1.807, 2.05) is 5.32 Å². The molecule has 0 radical (unpaired) electrons. The van der Waals surface area contributed by atoms with Crippen LogP contribution in [-0.4, -0.2) is 33.7 Å². The summed E-state index contributed by atoms with van der Waals surface area (Å²) in [5.74, 6) is -6.51. The minimum atomic E-state index is -4.00. The van der Waals surface area contributed by atoms with Gasteiger partial charge in [0.1, 0.15) is 0 Å². The zero-order chi connectivity index (χ0) is 13.1. The molecule has 0 aliphatic rings. The van der Waals surface area contributed by atoms with Gasteiger partial charge in [0.2, 0.25) is 0 Å². The second-order valence-electron chi connectivity index (χ2n) is 3.09. The first-order chi connectivity index (χ1) is 7.89. The smallest absolute Gasteiger partial charge is 0.378 e. The maximum absolute atomic E-state index is 13.5. The topological polar surface area (TPSA) is 104 Å². The lowest BCUT2D eigenvalue weighted by molar-refractivity contribution is -0.169. The number of halogens is 1. The molecule has 0 heterocycles. The third kappa shape index (κ3) is 2.39. The summed E-state index contributed by atoms with van der Waals surface area (Å²) in [6.45, 7) is 0. The molecule has 1 aromatic carbocycles. The first-order valence-electron chi connectivity index (χ1n) is 4.41. The fourth-order valence-electron chi connectivity index (χ4n) is 1.02. The Kier molecular flexibility index (Phi) is 3.42. The summed E-state index contributed by atoms with van der Waals surface area (Å²) in [5, 5.41) is 18.7. The van der Waals surface area contributed by atoms with Crippen LogP contribution >= 0.6 is 0 Å². The Morgan fingerprint density at radius 2 is 1.53 bits per heavy atom. The van der Waals surface area contributed by atoms with Crippen LogP contribution in [0.15, 0.2) is 30.3 Å². The maximum Gasteiger partial charge on any atom is 0.378 e. The molecule has 0 aliphatic carbocycles. The number of carbonyl (C=O) groups is 3. The molecule has 0 aromatic heterocycles. The van der Waals surface area contributed by atoms with Gasteiger partial charge in [-0.2, -0.15) is 0 Å². The predicted octanol–water partition coefficient (Wildman–Crippen LogP) is 0.503. The van der Waals surface area contributed by atoms with Gasteiger partial charge in [0.15, 0.2) is 0 Å². The molecule has 0 fully saturated rings. The molecular weight excluding hydrogens is 233 g/mol. The van der Waals surface area contributed by atoms with Crippen LogP contribution in [0.1, 0.15) is 0 Å². The monoisotopic (exact) mass is 241 g/mol. The van der Waals surface area contributed by atoms with Crippen LogP contribution in [0.2, 0.25) is 0 Å². The second-order valence-corrected chi connectivity index (χ2v) is 3.09. The molecule has 0 bridgehead atoms. The van der Waals surface area contributed by atoms with Crippen molar-refractivity contribution in [1.82, 2.24) is 0 Å². The highest BCUT2D eigenvalue weighted by molar-refractivity contribution is 6.25. The normalized spacial score (nSPS) is 10.6. The fourth-order valence-corrected chi connectivity index (χ4v) is 1.02. The molecule has 0 aliphatic heterocycles. The van der Waals surface area contributed by atoms with Crippen molar-refractivity contribution in [2.75, 3.05) is 5.32 Å². The molecule has 17 heavy (non-hydrogen) atoms. The Morgan fingerprint density at radius 1 is 1.06 bits per heavy atom. The number of alkyl halides is 1. The number of carbonyl (C=O) groups excluding carboxylic acids is 1. The van der Waals surface area contributed by atoms with E-state index in [4.69, 9.17) is 10.2 Å². The quantitative estimate of drug-likeness (QED) is 0.666. The standard InChI is InChI=1S/C10H8FNO5/c11-10(8(14)15,9(16)17)7(13)12-6-4-2-1-3-5-6/h1-5H,(H,12,13)(H,14,15)(H,16,17). The maximum atomic E-state index is 13.5. The Bertz CT molecular complexity index is 445. The number of amides is 1. The first kappa shape index (κ1) is 12.6. The molecule has 6 nitrogen and oxygen atoms in total. The third-order valence-electron chi connectivity index (χ3n) is 1.93. The molecule has 1 rings (SSSR count). The van der Waals surface area contributed by atoms with Crippen molar-refractivity contribution in [3.63, 3.8) is 0 Å². The molecular formula is C10H8FNO5. The van der Waals surface area contributed by atoms with Crippen molar-refractivity contribution in [2.24, 2.45) is 0 Å². The minimum Gasteiger partial charge on any atom is -0.478 e. The average Bonchev–Trinajstić information content (AvgIpc) is 2.28. The van der Waals surface area contributed by atoms with Gasteiger partial charge >= 0.3 is 17.6 Å². The van der Waals surface area contributed by atoms with Crippen molar-refractivity contribution in [3.05, 3.63) is 30.3 Å². The number of anilines is 1. The minimum absolute atomic E-state index is 0.0991. The molecule has 0 saturated heterocycles. The number of hydrogen-bond donors (Lipinski definition) is 3. The van der Waals surface area contributed by atoms with E-state index in [1.54, 1.807) is 6.07 Å². The van der Waals surface area contributed by atoms with Crippen LogP contribution in [0.3, 0.4) is 0 Å². The van der Waals surface area contributed by atoms with Gasteiger partial charge in [0.05, 0.1) is 0 Å². The van der Waals surface area contributed by atoms with Crippen LogP contribution in [0, 0.1) is 0 Å². The van der Waals surface area contributed by atoms with Gasteiger partial charge in [0, 0.05) is 5.69 Å². The van der Waals surface area contributed by atoms with Gasteiger partial charge in [-0.1, -0.05) is 18.2 Å². The van der Waals surface area contributed by atoms with E-state index < -0.39 is 23.5 Å². The zero-order valence-corrected chi connectivity index (χ0v) is 8.38. The lowest BCUT2D eigenvalue weighted by Gasteiger charge is -2.15. The van der Waals surface area contributed by atoms with Gasteiger partial charge in [-0.3, -0.25) is 4.79 Å². The predicted molar refractivity (Wildman–Crippen MR) is 54.2 cm³/mol. The Balaban J connectivity index is 2.96. The summed E-state index contributed by atoms with van der Waals surface area (Å²) in [6, 6.07) is 7.37. The highest BCUT2D eigenvalue weighted by Gasteiger charge is 2.55. The number of aliphatic carboxylic acids is 2. The average molecular weight is 241 g/mol. The van der Waals surface area contributed by atoms with Gasteiger partial charge in [-0.05, 0) is 12.1 Å². The molecule has 90 valence electrons. The molecule has 7 heteroatoms. The molecule has 3 N–H and O–H groups in total. The van der Waals surface area contributed by atoms with Gasteiger partial charge in [0.25, 0.3) is 5.91 Å². The molecule has 0 atom stereocenters. The SMILES string of the molecule is O=C(O)C(F)(C(=O)O)C(=O)Nc1ccccc1. The number of hydrogen-bond acceptors (Lipinski definition) is 3. The Morgan fingerprint density at radius 3 is 1.94 bits per heavy atom. The fraction of sp³-hybridized carbons (Fsp3) is 0.100. The Labute approximate surface area is 94.7 Å². The van der Waals surface area contributed by atoms with E-state index in [1.165, 1.54) is 24.3 Å². The van der Waals surface area contributed by atoms with Crippen LogP contribution in [-0.2, 0) is 14.4 Å². The van der Waals surface area contributed by atoms with Crippen molar-refractivity contribution in [1.29, 1.82) is 0 Å².